The number of halogens is 2. The highest BCUT2D eigenvalue weighted by Crippen LogP contribution is 2.54. The van der Waals surface area contributed by atoms with Crippen LogP contribution in [0.15, 0.2) is 144 Å². The van der Waals surface area contributed by atoms with E-state index >= 15 is 0 Å². The van der Waals surface area contributed by atoms with Gasteiger partial charge in [0.25, 0.3) is 17.7 Å². The minimum absolute atomic E-state index is 0.0288. The van der Waals surface area contributed by atoms with Gasteiger partial charge in [-0.1, -0.05) is 113 Å². The molecule has 5 saturated carbocycles. The summed E-state index contributed by atoms with van der Waals surface area (Å²) < 4.78 is 70.2. The molecule has 5 fully saturated rings. The van der Waals surface area contributed by atoms with Gasteiger partial charge in [0.15, 0.2) is 34.1 Å². The SMILES string of the molecule is CCOC(=O)OC1=C(c2c(C)cc(C)cc2C)C(=O)NC12CCC(COC)CC2.CCOC(=O)OC1=C(c2cc(C)ccc2C)C(=O)NC12CCC(OC)CC2.COC1CCC2(CC1)OC(=O)C(c1c(C)cc(C)cc1C)=C2O.COCC1CCC2(CC1)NC(=O)C(c1cc(C)c(Cl)cc1C)=C2O.COc1cc(C)cc(C)c1C1=C(O)C2(CCC(OC)CC2)OC1=O.Cc1ccc(-c2ccc(Cl)cc2)cc1C1=C(O)C(C)(C)OC1=O. The number of esters is 3. The van der Waals surface area contributed by atoms with Gasteiger partial charge in [-0.05, 0) is 389 Å². The molecule has 0 radical (unpaired) electrons. The molecule has 150 heavy (non-hydrogen) atoms. The minimum atomic E-state index is -0.991. The van der Waals surface area contributed by atoms with Gasteiger partial charge in [-0.3, -0.25) is 14.4 Å². The first kappa shape index (κ1) is 115. The fourth-order valence-electron chi connectivity index (χ4n) is 23.3. The predicted molar refractivity (Wildman–Crippen MR) is 576 cm³/mol. The number of aliphatic hydroxyl groups is 4. The molecule has 30 heteroatoms. The van der Waals surface area contributed by atoms with Crippen LogP contribution in [0.25, 0.3) is 44.6 Å². The van der Waals surface area contributed by atoms with Crippen molar-refractivity contribution in [3.63, 3.8) is 0 Å². The van der Waals surface area contributed by atoms with E-state index in [1.54, 1.807) is 70.4 Å². The van der Waals surface area contributed by atoms with E-state index in [0.29, 0.717) is 131 Å². The Morgan fingerprint density at radius 1 is 0.360 bits per heavy atom. The van der Waals surface area contributed by atoms with E-state index < -0.39 is 63.6 Å². The summed E-state index contributed by atoms with van der Waals surface area (Å²) in [4.78, 5) is 100. The molecule has 5 spiro atoms. The molecule has 5 aliphatic carbocycles. The van der Waals surface area contributed by atoms with Gasteiger partial charge >= 0.3 is 30.2 Å². The first-order chi connectivity index (χ1) is 71.2. The zero-order valence-electron chi connectivity index (χ0n) is 90.9. The van der Waals surface area contributed by atoms with Gasteiger partial charge in [-0.25, -0.2) is 24.0 Å². The number of rotatable bonds is 19. The molecule has 0 saturated heterocycles. The molecule has 0 atom stereocenters. The second-order valence-electron chi connectivity index (χ2n) is 42.2. The highest BCUT2D eigenvalue weighted by Gasteiger charge is 2.57. The number of benzene rings is 7. The van der Waals surface area contributed by atoms with Crippen LogP contribution in [0.3, 0.4) is 0 Å². The number of hydrogen-bond donors (Lipinski definition) is 7. The predicted octanol–water partition coefficient (Wildman–Crippen LogP) is 23.9. The largest absolute Gasteiger partial charge is 0.513 e. The number of methoxy groups -OCH3 is 6. The molecular formula is C120H147Cl2N3O25. The van der Waals surface area contributed by atoms with Crippen LogP contribution in [0.5, 0.6) is 5.75 Å². The molecule has 0 aromatic heterocycles. The van der Waals surface area contributed by atoms with Gasteiger partial charge in [0, 0.05) is 64.4 Å². The maximum absolute atomic E-state index is 13.2. The number of hydrogen-bond acceptors (Lipinski definition) is 25. The Morgan fingerprint density at radius 2 is 0.733 bits per heavy atom. The summed E-state index contributed by atoms with van der Waals surface area (Å²) in [5.74, 6) is 0.630. The molecule has 7 aromatic carbocycles. The number of aliphatic hydroxyl groups excluding tert-OH is 4. The lowest BCUT2D eigenvalue weighted by Crippen LogP contribution is -2.49. The molecule has 7 aromatic rings. The smallest absolute Gasteiger partial charge is 0.509 e. The summed E-state index contributed by atoms with van der Waals surface area (Å²) in [6.45, 7) is 34.1. The first-order valence-electron chi connectivity index (χ1n) is 51.9. The fraction of sp³-hybridized carbons (Fsp3) is 0.483. The molecule has 6 heterocycles. The first-order valence-corrected chi connectivity index (χ1v) is 52.6. The summed E-state index contributed by atoms with van der Waals surface area (Å²) in [6, 6.07) is 34.9. The van der Waals surface area contributed by atoms with Crippen molar-refractivity contribution in [1.82, 2.24) is 16.0 Å². The van der Waals surface area contributed by atoms with Crippen molar-refractivity contribution < 1.29 is 120 Å². The average molecular weight is 2100 g/mol. The van der Waals surface area contributed by atoms with Gasteiger partial charge in [0.2, 0.25) is 0 Å². The zero-order valence-corrected chi connectivity index (χ0v) is 92.4. The number of aryl methyl sites for hydroxylation is 13. The summed E-state index contributed by atoms with van der Waals surface area (Å²) >= 11 is 12.1. The van der Waals surface area contributed by atoms with Crippen molar-refractivity contribution in [3.05, 3.63) is 260 Å². The van der Waals surface area contributed by atoms with E-state index in [9.17, 15) is 58.8 Å². The van der Waals surface area contributed by atoms with Gasteiger partial charge < -0.3 is 98.0 Å². The number of nitrogens with one attached hydrogen (secondary N) is 3. The fourth-order valence-corrected chi connectivity index (χ4v) is 23.6. The van der Waals surface area contributed by atoms with E-state index in [1.807, 2.05) is 199 Å². The third-order valence-electron chi connectivity index (χ3n) is 31.2. The summed E-state index contributed by atoms with van der Waals surface area (Å²) in [7, 11) is 10.1. The standard InChI is InChI=1S/C23H31NO5.C21H27NO5.C19H24ClNO3.C19H17ClO3.C19H24O5.C19H24O4/c1-6-28-22(26)29-20-19(18-15(3)11-14(2)12-16(18)4)21(25)24-23(20)9-7-17(8-10-23)13-27-5;1-5-26-20(24)27-18-17(16-12-13(2)6-7-14(16)3)19(23)22-21(18)10-8-15(25-4)9-11-21;1-11-9-15(20)12(2)8-14(11)16-17(22)19(21-18(16)23)6-4-13(5-7-19)10-24-3;1-11-4-5-13(12-6-8-14(20)9-7-12)10-15(11)16-17(21)19(2,3)23-18(16)22;1-11-9-12(2)15(14(10-11)23-4)16-17(20)19(24-18(16)21)7-5-13(22-3)6-8-19;1-11-9-12(2)15(13(3)10-11)16-17(20)19(23-18(16)21)7-5-14(22-4)6-8-19/h11-12,17H,6-10,13H2,1-5H3,(H,24,25);6-7,12,15H,5,8-11H2,1-4H3,(H,22,23);8-9,13,22H,4-7,10H2,1-3H3,(H,21,23);4-10,21H,1-3H3;9-10,13,20H,5-8H2,1-4H3;9-10,14,20H,5-8H2,1-4H3. The van der Waals surface area contributed by atoms with E-state index in [4.69, 9.17) is 84.8 Å². The summed E-state index contributed by atoms with van der Waals surface area (Å²) in [5.41, 5.74) is 16.6. The van der Waals surface area contributed by atoms with Crippen molar-refractivity contribution >= 4 is 105 Å². The highest BCUT2D eigenvalue weighted by molar-refractivity contribution is 6.32. The van der Waals surface area contributed by atoms with Crippen molar-refractivity contribution in [2.24, 2.45) is 11.8 Å². The van der Waals surface area contributed by atoms with Crippen molar-refractivity contribution in [2.45, 2.75) is 298 Å². The Labute approximate surface area is 890 Å². The monoisotopic (exact) mass is 2100 g/mol. The number of carbonyl (C=O) groups is 8. The molecule has 28 nitrogen and oxygen atoms in total. The van der Waals surface area contributed by atoms with E-state index in [1.165, 1.54) is 0 Å². The molecule has 18 rings (SSSR count). The molecule has 11 aliphatic rings. The third-order valence-corrected chi connectivity index (χ3v) is 31.9. The Hall–Kier alpha value is -12.3. The lowest BCUT2D eigenvalue weighted by Gasteiger charge is -2.38. The minimum Gasteiger partial charge on any atom is -0.509 e. The van der Waals surface area contributed by atoms with Crippen molar-refractivity contribution in [2.75, 3.05) is 69.1 Å². The van der Waals surface area contributed by atoms with Crippen LogP contribution in [0, 0.1) is 102 Å². The van der Waals surface area contributed by atoms with E-state index in [2.05, 4.69) is 16.0 Å². The summed E-state index contributed by atoms with van der Waals surface area (Å²) in [5, 5.41) is 53.7. The Kier molecular flexibility index (Phi) is 36.9. The Bertz CT molecular complexity index is 6460. The van der Waals surface area contributed by atoms with Crippen molar-refractivity contribution in [1.29, 1.82) is 0 Å². The molecule has 0 bridgehead atoms. The molecule has 806 valence electrons. The van der Waals surface area contributed by atoms with E-state index in [-0.39, 0.29) is 83.4 Å². The molecule has 0 unspecified atom stereocenters. The van der Waals surface area contributed by atoms with Gasteiger partial charge in [-0.2, -0.15) is 0 Å². The number of amides is 3. The second kappa shape index (κ2) is 48.1. The van der Waals surface area contributed by atoms with Gasteiger partial charge in [0.05, 0.1) is 72.0 Å². The van der Waals surface area contributed by atoms with Crippen molar-refractivity contribution in [3.8, 4) is 16.9 Å². The number of ether oxygens (including phenoxy) is 13. The van der Waals surface area contributed by atoms with Crippen LogP contribution >= 0.6 is 23.2 Å². The van der Waals surface area contributed by atoms with Crippen LogP contribution in [-0.2, 0) is 85.6 Å². The lowest BCUT2D eigenvalue weighted by molar-refractivity contribution is -0.152. The normalized spacial score (nSPS) is 24.5. The zero-order chi connectivity index (χ0) is 109. The van der Waals surface area contributed by atoms with Gasteiger partial charge in [-0.15, -0.1) is 0 Å². The maximum Gasteiger partial charge on any atom is 0.513 e. The van der Waals surface area contributed by atoms with Crippen LogP contribution in [0.1, 0.15) is 262 Å². The number of carbonyl (C=O) groups excluding carboxylic acids is 8. The topological polar surface area (TPSA) is 374 Å². The lowest BCUT2D eigenvalue weighted by atomic mass is 9.75. The van der Waals surface area contributed by atoms with E-state index in [0.717, 1.165) is 189 Å². The molecule has 6 aliphatic heterocycles. The van der Waals surface area contributed by atoms with Crippen LogP contribution in [0.4, 0.5) is 9.59 Å². The maximum atomic E-state index is 13.2. The molecule has 7 N–H and O–H groups in total. The Morgan fingerprint density at radius 3 is 1.17 bits per heavy atom. The average Bonchev–Trinajstić information content (AvgIpc) is 1.59. The van der Waals surface area contributed by atoms with Crippen LogP contribution in [-0.4, -0.2) is 189 Å². The Balaban J connectivity index is 0.000000150. The highest BCUT2D eigenvalue weighted by atomic mass is 35.5. The van der Waals surface area contributed by atoms with Crippen LogP contribution < -0.4 is 20.7 Å². The molecule has 3 amide bonds. The summed E-state index contributed by atoms with van der Waals surface area (Å²) in [6.07, 6.45) is 13.8. The third kappa shape index (κ3) is 24.4. The number of cyclic esters (lactones) is 1. The second-order valence-corrected chi connectivity index (χ2v) is 43.1. The molecular weight excluding hydrogens is 1950 g/mol. The quantitative estimate of drug-likeness (QED) is 0.0292. The van der Waals surface area contributed by atoms with Gasteiger partial charge in [0.1, 0.15) is 39.7 Å². The van der Waals surface area contributed by atoms with Crippen LogP contribution in [0.2, 0.25) is 10.0 Å².